The van der Waals surface area contributed by atoms with E-state index in [-0.39, 0.29) is 11.5 Å². The molecule has 1 aliphatic rings. The number of alkyl halides is 3. The molecule has 3 heterocycles. The Morgan fingerprint density at radius 1 is 1.23 bits per heavy atom. The van der Waals surface area contributed by atoms with E-state index in [1.54, 1.807) is 20.1 Å². The van der Waals surface area contributed by atoms with Gasteiger partial charge in [0.15, 0.2) is 5.82 Å². The Bertz CT molecular complexity index is 1250. The van der Waals surface area contributed by atoms with Crippen LogP contribution in [-0.2, 0) is 10.9 Å². The Hall–Kier alpha value is -2.76. The highest BCUT2D eigenvalue weighted by Crippen LogP contribution is 2.38. The van der Waals surface area contributed by atoms with Gasteiger partial charge in [-0.2, -0.15) is 18.3 Å². The molecule has 1 atom stereocenters. The minimum atomic E-state index is -4.51. The van der Waals surface area contributed by atoms with Gasteiger partial charge >= 0.3 is 6.18 Å². The molecule has 7 nitrogen and oxygen atoms in total. The van der Waals surface area contributed by atoms with Crippen molar-refractivity contribution in [2.75, 3.05) is 38.3 Å². The van der Waals surface area contributed by atoms with E-state index in [1.165, 1.54) is 17.4 Å². The van der Waals surface area contributed by atoms with Crippen molar-refractivity contribution in [3.63, 3.8) is 0 Å². The topological polar surface area (TPSA) is 93.4 Å². The van der Waals surface area contributed by atoms with Crippen molar-refractivity contribution in [3.8, 4) is 0 Å². The van der Waals surface area contributed by atoms with E-state index in [4.69, 9.17) is 10.5 Å². The van der Waals surface area contributed by atoms with E-state index < -0.39 is 23.4 Å². The lowest BCUT2D eigenvalue weighted by molar-refractivity contribution is -0.137. The summed E-state index contributed by atoms with van der Waals surface area (Å²) in [5.74, 6) is 0.317. The first-order chi connectivity index (χ1) is 16.4. The number of carbonyl (C=O) groups excluding carboxylic acids is 1. The number of ether oxygens (including phenoxy) is 1. The van der Waals surface area contributed by atoms with E-state index in [9.17, 15) is 18.0 Å². The molecule has 0 aliphatic carbocycles. The van der Waals surface area contributed by atoms with Crippen molar-refractivity contribution >= 4 is 38.7 Å². The van der Waals surface area contributed by atoms with Gasteiger partial charge < -0.3 is 20.7 Å². The normalized spacial score (nSPS) is 17.5. The summed E-state index contributed by atoms with van der Waals surface area (Å²) in [7, 11) is 3.58. The SMILES string of the molecule is COC1(C(=O)c2cc3c(N[C@H](C)c4cc(N)cc(C(F)(F)F)c4)nnc(C)c3s2)CCN(C)CC1. The zero-order valence-electron chi connectivity index (χ0n) is 20.0. The number of aromatic nitrogens is 2. The third-order valence-corrected chi connectivity index (χ3v) is 7.84. The molecule has 0 saturated carbocycles. The van der Waals surface area contributed by atoms with Gasteiger partial charge in [0.25, 0.3) is 0 Å². The van der Waals surface area contributed by atoms with Crippen LogP contribution in [0.25, 0.3) is 10.1 Å². The van der Waals surface area contributed by atoms with Crippen molar-refractivity contribution in [3.05, 3.63) is 46.0 Å². The average Bonchev–Trinajstić information content (AvgIpc) is 3.27. The van der Waals surface area contributed by atoms with Crippen LogP contribution in [0.15, 0.2) is 24.3 Å². The summed E-state index contributed by atoms with van der Waals surface area (Å²) in [6, 6.07) is 4.71. The molecule has 1 saturated heterocycles. The van der Waals surface area contributed by atoms with Gasteiger partial charge in [-0.25, -0.2) is 0 Å². The molecular weight excluding hydrogens is 479 g/mol. The number of nitrogen functional groups attached to an aromatic ring is 1. The number of benzene rings is 1. The standard InChI is InChI=1S/C24H28F3N5O2S/c1-13(15-9-16(24(25,26)27)11-17(28)10-15)29-22-18-12-19(35-20(18)14(2)30-31-22)21(33)23(34-4)5-7-32(3)8-6-23/h9-13H,5-8,28H2,1-4H3,(H,29,31)/t13-/m1/s1. The third-order valence-electron chi connectivity index (χ3n) is 6.60. The predicted molar refractivity (Wildman–Crippen MR) is 131 cm³/mol. The van der Waals surface area contributed by atoms with Gasteiger partial charge in [0.1, 0.15) is 5.60 Å². The molecule has 188 valence electrons. The number of nitrogens with one attached hydrogen (secondary N) is 1. The van der Waals surface area contributed by atoms with Crippen LogP contribution in [0.3, 0.4) is 0 Å². The van der Waals surface area contributed by atoms with Crippen LogP contribution < -0.4 is 11.1 Å². The fourth-order valence-electron chi connectivity index (χ4n) is 4.39. The maximum atomic E-state index is 13.5. The summed E-state index contributed by atoms with van der Waals surface area (Å²) in [4.78, 5) is 16.3. The van der Waals surface area contributed by atoms with Crippen LogP contribution in [0.1, 0.15) is 52.3 Å². The largest absolute Gasteiger partial charge is 0.416 e. The highest BCUT2D eigenvalue weighted by atomic mass is 32.1. The Labute approximate surface area is 205 Å². The summed E-state index contributed by atoms with van der Waals surface area (Å²) in [6.07, 6.45) is -3.31. The lowest BCUT2D eigenvalue weighted by Crippen LogP contribution is -2.49. The summed E-state index contributed by atoms with van der Waals surface area (Å²) in [5, 5.41) is 12.3. The number of fused-ring (bicyclic) bond motifs is 1. The Balaban J connectivity index is 1.67. The molecule has 11 heteroatoms. The molecule has 0 radical (unpaired) electrons. The van der Waals surface area contributed by atoms with Crippen LogP contribution >= 0.6 is 11.3 Å². The van der Waals surface area contributed by atoms with Gasteiger partial charge in [-0.3, -0.25) is 4.79 Å². The molecule has 0 bridgehead atoms. The number of likely N-dealkylation sites (tertiary alicyclic amines) is 1. The molecule has 1 aliphatic heterocycles. The van der Waals surface area contributed by atoms with Gasteiger partial charge in [0.2, 0.25) is 5.78 Å². The highest BCUT2D eigenvalue weighted by Gasteiger charge is 2.42. The summed E-state index contributed by atoms with van der Waals surface area (Å²) in [5.41, 5.74) is 5.10. The number of halogens is 3. The number of methoxy groups -OCH3 is 1. The Morgan fingerprint density at radius 3 is 2.54 bits per heavy atom. The monoisotopic (exact) mass is 507 g/mol. The van der Waals surface area contributed by atoms with Crippen LogP contribution in [0.2, 0.25) is 0 Å². The number of ketones is 1. The summed E-state index contributed by atoms with van der Waals surface area (Å²) in [6.45, 7) is 5.05. The van der Waals surface area contributed by atoms with Gasteiger partial charge in [-0.15, -0.1) is 16.4 Å². The van der Waals surface area contributed by atoms with Gasteiger partial charge in [0, 0.05) is 31.3 Å². The number of piperidine rings is 1. The quantitative estimate of drug-likeness (QED) is 0.356. The van der Waals surface area contributed by atoms with Crippen LogP contribution in [0.4, 0.5) is 24.7 Å². The van der Waals surface area contributed by atoms with Crippen molar-refractivity contribution in [2.45, 2.75) is 44.5 Å². The van der Waals surface area contributed by atoms with Crippen LogP contribution in [0, 0.1) is 6.92 Å². The minimum Gasteiger partial charge on any atom is -0.399 e. The molecule has 0 amide bonds. The Morgan fingerprint density at radius 2 is 1.91 bits per heavy atom. The summed E-state index contributed by atoms with van der Waals surface area (Å²) < 4.78 is 46.3. The predicted octanol–water partition coefficient (Wildman–Crippen LogP) is 5.07. The lowest BCUT2D eigenvalue weighted by Gasteiger charge is -2.37. The lowest BCUT2D eigenvalue weighted by atomic mass is 9.86. The molecular formula is C24H28F3N5O2S. The third kappa shape index (κ3) is 4.98. The van der Waals surface area contributed by atoms with E-state index in [1.807, 2.05) is 14.0 Å². The number of aryl methyl sites for hydroxylation is 1. The van der Waals surface area contributed by atoms with Crippen molar-refractivity contribution < 1.29 is 22.7 Å². The van der Waals surface area contributed by atoms with Crippen molar-refractivity contribution in [1.29, 1.82) is 0 Å². The molecule has 35 heavy (non-hydrogen) atoms. The second-order valence-electron chi connectivity index (χ2n) is 9.07. The highest BCUT2D eigenvalue weighted by molar-refractivity contribution is 7.21. The van der Waals surface area contributed by atoms with E-state index in [2.05, 4.69) is 20.4 Å². The number of hydrogen-bond donors (Lipinski definition) is 2. The maximum Gasteiger partial charge on any atom is 0.416 e. The number of anilines is 2. The number of hydrogen-bond acceptors (Lipinski definition) is 8. The van der Waals surface area contributed by atoms with Gasteiger partial charge in [0.05, 0.1) is 26.9 Å². The average molecular weight is 508 g/mol. The second kappa shape index (κ2) is 9.36. The molecule has 0 spiro atoms. The fraction of sp³-hybridized carbons (Fsp3) is 0.458. The van der Waals surface area contributed by atoms with E-state index in [0.29, 0.717) is 40.2 Å². The summed E-state index contributed by atoms with van der Waals surface area (Å²) >= 11 is 1.33. The number of nitrogens with zero attached hydrogens (tertiary/aromatic N) is 3. The minimum absolute atomic E-state index is 0.0232. The second-order valence-corrected chi connectivity index (χ2v) is 10.1. The molecule has 1 aromatic carbocycles. The zero-order valence-corrected chi connectivity index (χ0v) is 20.8. The zero-order chi connectivity index (χ0) is 25.5. The van der Waals surface area contributed by atoms with Gasteiger partial charge in [-0.05, 0) is 63.6 Å². The molecule has 3 N–H and O–H groups in total. The number of thiophene rings is 1. The molecule has 3 aromatic rings. The molecule has 1 fully saturated rings. The van der Waals surface area contributed by atoms with Crippen molar-refractivity contribution in [1.82, 2.24) is 15.1 Å². The molecule has 2 aromatic heterocycles. The fourth-order valence-corrected chi connectivity index (χ4v) is 5.51. The first-order valence-corrected chi connectivity index (χ1v) is 12.0. The molecule has 0 unspecified atom stereocenters. The van der Waals surface area contributed by atoms with Crippen LogP contribution in [0.5, 0.6) is 0 Å². The van der Waals surface area contributed by atoms with Crippen LogP contribution in [-0.4, -0.2) is 53.7 Å². The van der Waals surface area contributed by atoms with E-state index in [0.717, 1.165) is 29.9 Å². The maximum absolute atomic E-state index is 13.5. The van der Waals surface area contributed by atoms with Gasteiger partial charge in [-0.1, -0.05) is 0 Å². The number of nitrogens with two attached hydrogens (primary N) is 1. The van der Waals surface area contributed by atoms with Crippen molar-refractivity contribution in [2.24, 2.45) is 0 Å². The number of rotatable bonds is 6. The molecule has 4 rings (SSSR count). The number of Topliss-reactive ketones (excluding diaryl/α,β-unsaturated/α-hetero) is 1. The first kappa shape index (κ1) is 25.3. The number of carbonyl (C=O) groups is 1. The van der Waals surface area contributed by atoms with E-state index >= 15 is 0 Å². The Kier molecular flexibility index (Phi) is 6.78. The smallest absolute Gasteiger partial charge is 0.399 e. The first-order valence-electron chi connectivity index (χ1n) is 11.2.